The third-order valence-electron chi connectivity index (χ3n) is 4.47. The van der Waals surface area contributed by atoms with Crippen molar-refractivity contribution in [3.05, 3.63) is 70.5 Å². The number of hydrogen-bond donors (Lipinski definition) is 0. The van der Waals surface area contributed by atoms with Gasteiger partial charge in [0.15, 0.2) is 12.2 Å². The fourth-order valence-electron chi connectivity index (χ4n) is 3.22. The SMILES string of the molecule is COc1cc(CN(C)Cc2csc3ccc(Cl)cc23)ccc1-c1cnco1. The highest BCUT2D eigenvalue weighted by Gasteiger charge is 2.12. The molecule has 6 heteroatoms. The largest absolute Gasteiger partial charge is 0.496 e. The average molecular weight is 399 g/mol. The van der Waals surface area contributed by atoms with Gasteiger partial charge in [-0.2, -0.15) is 0 Å². The number of nitrogens with zero attached hydrogens (tertiary/aromatic N) is 2. The number of rotatable bonds is 6. The van der Waals surface area contributed by atoms with Crippen LogP contribution >= 0.6 is 22.9 Å². The fraction of sp³-hybridized carbons (Fsp3) is 0.190. The molecule has 0 saturated carbocycles. The van der Waals surface area contributed by atoms with Gasteiger partial charge >= 0.3 is 0 Å². The summed E-state index contributed by atoms with van der Waals surface area (Å²) in [5.41, 5.74) is 3.38. The lowest BCUT2D eigenvalue weighted by atomic mass is 10.1. The van der Waals surface area contributed by atoms with Gasteiger partial charge in [0.25, 0.3) is 0 Å². The van der Waals surface area contributed by atoms with Crippen LogP contribution in [0, 0.1) is 0 Å². The van der Waals surface area contributed by atoms with Crippen LogP contribution in [0.4, 0.5) is 0 Å². The summed E-state index contributed by atoms with van der Waals surface area (Å²) in [5.74, 6) is 1.48. The third kappa shape index (κ3) is 3.86. The molecule has 0 atom stereocenters. The van der Waals surface area contributed by atoms with E-state index in [2.05, 4.69) is 40.5 Å². The summed E-state index contributed by atoms with van der Waals surface area (Å²) in [7, 11) is 3.79. The maximum Gasteiger partial charge on any atom is 0.181 e. The molecule has 0 N–H and O–H groups in total. The minimum atomic E-state index is 0.702. The van der Waals surface area contributed by atoms with Crippen molar-refractivity contribution in [1.29, 1.82) is 0 Å². The van der Waals surface area contributed by atoms with Crippen molar-refractivity contribution in [2.75, 3.05) is 14.2 Å². The molecule has 0 radical (unpaired) electrons. The zero-order chi connectivity index (χ0) is 18.8. The van der Waals surface area contributed by atoms with Crippen LogP contribution < -0.4 is 4.74 Å². The van der Waals surface area contributed by atoms with Crippen molar-refractivity contribution in [3.63, 3.8) is 0 Å². The number of methoxy groups -OCH3 is 1. The van der Waals surface area contributed by atoms with Gasteiger partial charge in [-0.25, -0.2) is 4.98 Å². The first kappa shape index (κ1) is 18.0. The van der Waals surface area contributed by atoms with Crippen LogP contribution in [0.25, 0.3) is 21.4 Å². The van der Waals surface area contributed by atoms with Crippen molar-refractivity contribution >= 4 is 33.0 Å². The smallest absolute Gasteiger partial charge is 0.181 e. The second kappa shape index (κ2) is 7.72. The molecule has 0 bridgehead atoms. The second-order valence-corrected chi connectivity index (χ2v) is 7.82. The summed E-state index contributed by atoms with van der Waals surface area (Å²) in [6.45, 7) is 1.66. The molecule has 27 heavy (non-hydrogen) atoms. The van der Waals surface area contributed by atoms with Gasteiger partial charge in [0, 0.05) is 22.8 Å². The van der Waals surface area contributed by atoms with Crippen LogP contribution in [0.15, 0.2) is 58.8 Å². The minimum absolute atomic E-state index is 0.702. The van der Waals surface area contributed by atoms with E-state index < -0.39 is 0 Å². The zero-order valence-corrected chi connectivity index (χ0v) is 16.7. The summed E-state index contributed by atoms with van der Waals surface area (Å²) >= 11 is 7.93. The molecule has 4 nitrogen and oxygen atoms in total. The zero-order valence-electron chi connectivity index (χ0n) is 15.1. The molecule has 0 amide bonds. The molecule has 4 rings (SSSR count). The number of thiophene rings is 1. The Morgan fingerprint density at radius 2 is 2.07 bits per heavy atom. The maximum absolute atomic E-state index is 6.17. The number of oxazole rings is 1. The number of hydrogen-bond acceptors (Lipinski definition) is 5. The normalized spacial score (nSPS) is 11.4. The van der Waals surface area contributed by atoms with Gasteiger partial charge in [0.2, 0.25) is 0 Å². The number of fused-ring (bicyclic) bond motifs is 1. The van der Waals surface area contributed by atoms with E-state index in [1.54, 1.807) is 24.6 Å². The Balaban J connectivity index is 1.52. The van der Waals surface area contributed by atoms with Gasteiger partial charge in [0.05, 0.1) is 18.9 Å². The molecule has 2 aromatic heterocycles. The Hall–Kier alpha value is -2.34. The molecular formula is C21H19ClN2O2S. The Kier molecular flexibility index (Phi) is 5.16. The molecule has 2 aromatic carbocycles. The minimum Gasteiger partial charge on any atom is -0.496 e. The molecule has 2 heterocycles. The lowest BCUT2D eigenvalue weighted by Gasteiger charge is -2.17. The summed E-state index contributed by atoms with van der Waals surface area (Å²) in [6, 6.07) is 12.2. The van der Waals surface area contributed by atoms with Crippen molar-refractivity contribution < 1.29 is 9.15 Å². The first-order chi connectivity index (χ1) is 13.1. The van der Waals surface area contributed by atoms with Gasteiger partial charge in [0.1, 0.15) is 5.75 Å². The van der Waals surface area contributed by atoms with Crippen LogP contribution in [-0.4, -0.2) is 24.0 Å². The molecule has 0 saturated heterocycles. The first-order valence-electron chi connectivity index (χ1n) is 8.54. The van der Waals surface area contributed by atoms with Crippen molar-refractivity contribution in [3.8, 4) is 17.1 Å². The Bertz CT molecular complexity index is 1060. The molecule has 0 aliphatic carbocycles. The molecule has 0 fully saturated rings. The van der Waals surface area contributed by atoms with Crippen LogP contribution in [0.1, 0.15) is 11.1 Å². The highest BCUT2D eigenvalue weighted by atomic mass is 35.5. The van der Waals surface area contributed by atoms with E-state index in [9.17, 15) is 0 Å². The molecule has 138 valence electrons. The molecule has 0 aliphatic rings. The molecule has 0 aliphatic heterocycles. The maximum atomic E-state index is 6.17. The van der Waals surface area contributed by atoms with Gasteiger partial charge in [-0.05, 0) is 59.3 Å². The first-order valence-corrected chi connectivity index (χ1v) is 9.80. The summed E-state index contributed by atoms with van der Waals surface area (Å²) in [4.78, 5) is 6.26. The van der Waals surface area contributed by atoms with E-state index in [0.29, 0.717) is 5.76 Å². The predicted octanol–water partition coefficient (Wildman–Crippen LogP) is 5.85. The quantitative estimate of drug-likeness (QED) is 0.408. The number of aromatic nitrogens is 1. The third-order valence-corrected chi connectivity index (χ3v) is 5.72. The molecule has 0 spiro atoms. The topological polar surface area (TPSA) is 38.5 Å². The highest BCUT2D eigenvalue weighted by molar-refractivity contribution is 7.17. The molecule has 0 unspecified atom stereocenters. The Labute approximate surface area is 167 Å². The van der Waals surface area contributed by atoms with Crippen molar-refractivity contribution in [2.24, 2.45) is 0 Å². The molecular weight excluding hydrogens is 380 g/mol. The van der Waals surface area contributed by atoms with Crippen LogP contribution in [-0.2, 0) is 13.1 Å². The predicted molar refractivity (Wildman–Crippen MR) is 110 cm³/mol. The van der Waals surface area contributed by atoms with Crippen molar-refractivity contribution in [1.82, 2.24) is 9.88 Å². The standard InChI is InChI=1S/C21H19ClN2O2S/c1-24(11-15-12-27-21-6-4-16(22)8-18(15)21)10-14-3-5-17(19(7-14)25-2)20-9-23-13-26-20/h3-9,12-13H,10-11H2,1-2H3. The Morgan fingerprint density at radius 3 is 2.85 bits per heavy atom. The summed E-state index contributed by atoms with van der Waals surface area (Å²) in [5, 5.41) is 4.22. The van der Waals surface area contributed by atoms with E-state index in [1.165, 1.54) is 27.6 Å². The number of ether oxygens (including phenoxy) is 1. The highest BCUT2D eigenvalue weighted by Crippen LogP contribution is 2.32. The van der Waals surface area contributed by atoms with E-state index in [0.717, 1.165) is 29.4 Å². The second-order valence-electron chi connectivity index (χ2n) is 6.47. The van der Waals surface area contributed by atoms with Crippen molar-refractivity contribution in [2.45, 2.75) is 13.1 Å². The lowest BCUT2D eigenvalue weighted by Crippen LogP contribution is -2.17. The monoisotopic (exact) mass is 398 g/mol. The molecule has 4 aromatic rings. The van der Waals surface area contributed by atoms with Gasteiger partial charge < -0.3 is 9.15 Å². The van der Waals surface area contributed by atoms with Gasteiger partial charge in [-0.3, -0.25) is 4.90 Å². The van der Waals surface area contributed by atoms with E-state index in [-0.39, 0.29) is 0 Å². The number of halogens is 1. The average Bonchev–Trinajstić information content (AvgIpc) is 3.32. The van der Waals surface area contributed by atoms with Gasteiger partial charge in [-0.1, -0.05) is 17.7 Å². The van der Waals surface area contributed by atoms with Crippen LogP contribution in [0.2, 0.25) is 5.02 Å². The van der Waals surface area contributed by atoms with Gasteiger partial charge in [-0.15, -0.1) is 11.3 Å². The van der Waals surface area contributed by atoms with Crippen LogP contribution in [0.5, 0.6) is 5.75 Å². The summed E-state index contributed by atoms with van der Waals surface area (Å²) in [6.07, 6.45) is 3.12. The van der Waals surface area contributed by atoms with E-state index in [4.69, 9.17) is 20.8 Å². The van der Waals surface area contributed by atoms with Crippen LogP contribution in [0.3, 0.4) is 0 Å². The lowest BCUT2D eigenvalue weighted by molar-refractivity contribution is 0.319. The Morgan fingerprint density at radius 1 is 1.19 bits per heavy atom. The fourth-order valence-corrected chi connectivity index (χ4v) is 4.33. The number of benzene rings is 2. The summed E-state index contributed by atoms with van der Waals surface area (Å²) < 4.78 is 12.2. The van der Waals surface area contributed by atoms with E-state index >= 15 is 0 Å². The van der Waals surface area contributed by atoms with E-state index in [1.807, 2.05) is 18.2 Å².